The molecule has 2 heterocycles. The van der Waals surface area contributed by atoms with Crippen LogP contribution in [0.2, 0.25) is 5.02 Å². The van der Waals surface area contributed by atoms with Gasteiger partial charge < -0.3 is 10.3 Å². The van der Waals surface area contributed by atoms with Crippen LogP contribution < -0.4 is 5.32 Å². The van der Waals surface area contributed by atoms with E-state index >= 15 is 0 Å². The number of hydrazone groups is 1. The molecule has 5 rings (SSSR count). The molecule has 0 spiro atoms. The molecule has 0 saturated heterocycles. The van der Waals surface area contributed by atoms with E-state index in [1.54, 1.807) is 0 Å². The average Bonchev–Trinajstić information content (AvgIpc) is 3.51. The predicted octanol–water partition coefficient (Wildman–Crippen LogP) is 5.72. The zero-order chi connectivity index (χ0) is 22.6. The molecular weight excluding hydrogens is 430 g/mol. The molecule has 0 amide bonds. The Morgan fingerprint density at radius 1 is 1.00 bits per heavy atom. The first-order valence-corrected chi connectivity index (χ1v) is 11.6. The lowest BCUT2D eigenvalue weighted by molar-refractivity contribution is 0.525. The third kappa shape index (κ3) is 4.64. The highest BCUT2D eigenvalue weighted by Gasteiger charge is 2.20. The van der Waals surface area contributed by atoms with Crippen LogP contribution in [0.4, 0.5) is 0 Å². The Labute approximate surface area is 198 Å². The SMILES string of the molecule is CN(N=C(CCc1ccccc1)c1c(-c2ccc(Cl)cc2)[nH]c2ccccc12)C1=NCCN1. The number of benzene rings is 3. The molecule has 1 aliphatic heterocycles. The highest BCUT2D eigenvalue weighted by atomic mass is 35.5. The minimum atomic E-state index is 0.722. The number of fused-ring (bicyclic) bond motifs is 1. The number of aromatic amines is 1. The maximum Gasteiger partial charge on any atom is 0.214 e. The van der Waals surface area contributed by atoms with Crippen molar-refractivity contribution < 1.29 is 0 Å². The van der Waals surface area contributed by atoms with E-state index in [9.17, 15) is 0 Å². The van der Waals surface area contributed by atoms with Crippen molar-refractivity contribution in [2.75, 3.05) is 20.1 Å². The summed E-state index contributed by atoms with van der Waals surface area (Å²) in [7, 11) is 1.95. The second kappa shape index (κ2) is 9.51. The van der Waals surface area contributed by atoms with E-state index in [0.29, 0.717) is 0 Å². The number of H-pyrrole nitrogens is 1. The topological polar surface area (TPSA) is 55.8 Å². The summed E-state index contributed by atoms with van der Waals surface area (Å²) in [6, 6.07) is 26.9. The molecule has 0 radical (unpaired) electrons. The molecule has 0 fully saturated rings. The molecule has 2 N–H and O–H groups in total. The van der Waals surface area contributed by atoms with Crippen molar-refractivity contribution in [2.45, 2.75) is 12.8 Å². The fraction of sp³-hybridized carbons (Fsp3) is 0.185. The summed E-state index contributed by atoms with van der Waals surface area (Å²) in [6.45, 7) is 1.62. The van der Waals surface area contributed by atoms with Crippen molar-refractivity contribution in [1.82, 2.24) is 15.3 Å². The van der Waals surface area contributed by atoms with Crippen molar-refractivity contribution in [3.05, 3.63) is 95.0 Å². The first kappa shape index (κ1) is 21.3. The van der Waals surface area contributed by atoms with Gasteiger partial charge in [0.15, 0.2) is 0 Å². The van der Waals surface area contributed by atoms with Gasteiger partial charge in [-0.3, -0.25) is 0 Å². The number of guanidine groups is 1. The van der Waals surface area contributed by atoms with Gasteiger partial charge in [0.2, 0.25) is 5.96 Å². The Morgan fingerprint density at radius 2 is 1.76 bits per heavy atom. The fourth-order valence-electron chi connectivity index (χ4n) is 4.24. The zero-order valence-electron chi connectivity index (χ0n) is 18.6. The van der Waals surface area contributed by atoms with Gasteiger partial charge in [-0.25, -0.2) is 10.0 Å². The summed E-state index contributed by atoms with van der Waals surface area (Å²) in [4.78, 5) is 8.18. The Morgan fingerprint density at radius 3 is 2.52 bits per heavy atom. The third-order valence-corrected chi connectivity index (χ3v) is 6.11. The van der Waals surface area contributed by atoms with Gasteiger partial charge in [-0.1, -0.05) is 72.3 Å². The first-order chi connectivity index (χ1) is 16.2. The number of hydrogen-bond acceptors (Lipinski definition) is 4. The smallest absolute Gasteiger partial charge is 0.214 e. The van der Waals surface area contributed by atoms with Gasteiger partial charge in [-0.2, -0.15) is 5.10 Å². The predicted molar refractivity (Wildman–Crippen MR) is 138 cm³/mol. The Balaban J connectivity index is 1.63. The van der Waals surface area contributed by atoms with Crippen LogP contribution in [-0.2, 0) is 6.42 Å². The van der Waals surface area contributed by atoms with Crippen LogP contribution in [0.5, 0.6) is 0 Å². The number of nitrogens with zero attached hydrogens (tertiary/aromatic N) is 3. The molecule has 33 heavy (non-hydrogen) atoms. The van der Waals surface area contributed by atoms with Gasteiger partial charge in [0.1, 0.15) is 0 Å². The van der Waals surface area contributed by atoms with Crippen LogP contribution in [0.1, 0.15) is 17.5 Å². The van der Waals surface area contributed by atoms with Crippen LogP contribution in [-0.4, -0.2) is 41.8 Å². The van der Waals surface area contributed by atoms with Gasteiger partial charge in [0, 0.05) is 35.1 Å². The van der Waals surface area contributed by atoms with Crippen LogP contribution in [0.25, 0.3) is 22.2 Å². The number of nitrogens with one attached hydrogen (secondary N) is 2. The van der Waals surface area contributed by atoms with Gasteiger partial charge in [0.25, 0.3) is 0 Å². The van der Waals surface area contributed by atoms with E-state index in [1.807, 2.05) is 24.2 Å². The van der Waals surface area contributed by atoms with E-state index < -0.39 is 0 Å². The molecule has 1 aromatic heterocycles. The lowest BCUT2D eigenvalue weighted by Gasteiger charge is -2.17. The molecule has 6 heteroatoms. The Kier molecular flexibility index (Phi) is 6.13. The van der Waals surface area contributed by atoms with Crippen LogP contribution >= 0.6 is 11.6 Å². The molecule has 0 saturated carbocycles. The number of hydrogen-bond donors (Lipinski definition) is 2. The number of halogens is 1. The molecule has 1 aliphatic rings. The number of rotatable bonds is 6. The van der Waals surface area contributed by atoms with Crippen molar-refractivity contribution in [2.24, 2.45) is 10.1 Å². The largest absolute Gasteiger partial charge is 0.354 e. The van der Waals surface area contributed by atoms with E-state index in [2.05, 4.69) is 82.0 Å². The molecule has 3 aromatic carbocycles. The van der Waals surface area contributed by atoms with Gasteiger partial charge in [0.05, 0.1) is 18.0 Å². The summed E-state index contributed by atoms with van der Waals surface area (Å²) >= 11 is 6.18. The second-order valence-electron chi connectivity index (χ2n) is 8.12. The molecular formula is C27H26ClN5. The van der Waals surface area contributed by atoms with Crippen molar-refractivity contribution >= 4 is 34.2 Å². The van der Waals surface area contributed by atoms with Gasteiger partial charge in [-0.15, -0.1) is 0 Å². The fourth-order valence-corrected chi connectivity index (χ4v) is 4.36. The highest BCUT2D eigenvalue weighted by molar-refractivity contribution is 6.30. The average molecular weight is 456 g/mol. The monoisotopic (exact) mass is 455 g/mol. The van der Waals surface area contributed by atoms with E-state index in [0.717, 1.165) is 70.3 Å². The van der Waals surface area contributed by atoms with Gasteiger partial charge in [-0.05, 0) is 42.2 Å². The van der Waals surface area contributed by atoms with Crippen molar-refractivity contribution in [3.8, 4) is 11.3 Å². The molecule has 0 unspecified atom stereocenters. The molecule has 0 atom stereocenters. The second-order valence-corrected chi connectivity index (χ2v) is 8.55. The number of aliphatic imine (C=N–C) groups is 1. The number of aromatic nitrogens is 1. The third-order valence-electron chi connectivity index (χ3n) is 5.85. The molecule has 4 aromatic rings. The van der Waals surface area contributed by atoms with E-state index in [1.165, 1.54) is 5.56 Å². The number of para-hydroxylation sites is 1. The summed E-state index contributed by atoms with van der Waals surface area (Å²) in [5.41, 5.74) is 6.64. The number of aryl methyl sites for hydroxylation is 1. The molecule has 5 nitrogen and oxygen atoms in total. The van der Waals surface area contributed by atoms with Gasteiger partial charge >= 0.3 is 0 Å². The van der Waals surface area contributed by atoms with Crippen LogP contribution in [0.3, 0.4) is 0 Å². The van der Waals surface area contributed by atoms with Crippen molar-refractivity contribution in [1.29, 1.82) is 0 Å². The lowest BCUT2D eigenvalue weighted by Crippen LogP contribution is -2.33. The van der Waals surface area contributed by atoms with E-state index in [-0.39, 0.29) is 0 Å². The van der Waals surface area contributed by atoms with Crippen molar-refractivity contribution in [3.63, 3.8) is 0 Å². The normalized spacial score (nSPS) is 13.8. The summed E-state index contributed by atoms with van der Waals surface area (Å²) < 4.78 is 0. The molecule has 0 bridgehead atoms. The highest BCUT2D eigenvalue weighted by Crippen LogP contribution is 2.33. The summed E-state index contributed by atoms with van der Waals surface area (Å²) in [5.74, 6) is 0.806. The minimum Gasteiger partial charge on any atom is -0.354 e. The Bertz CT molecular complexity index is 1310. The summed E-state index contributed by atoms with van der Waals surface area (Å²) in [6.07, 6.45) is 1.69. The maximum atomic E-state index is 6.18. The lowest BCUT2D eigenvalue weighted by atomic mass is 9.97. The van der Waals surface area contributed by atoms with Crippen LogP contribution in [0, 0.1) is 0 Å². The standard InChI is InChI=1S/C27H26ClN5/c1-33(27-29-17-18-30-27)32-24(16-11-19-7-3-2-4-8-19)25-22-9-5-6-10-23(22)31-26(25)20-12-14-21(28)15-13-20/h2-10,12-15,31H,11,16-18H2,1H3,(H,29,30). The van der Waals surface area contributed by atoms with Crippen LogP contribution in [0.15, 0.2) is 89.0 Å². The maximum absolute atomic E-state index is 6.18. The minimum absolute atomic E-state index is 0.722. The van der Waals surface area contributed by atoms with E-state index in [4.69, 9.17) is 16.7 Å². The Hall–Kier alpha value is -3.57. The first-order valence-electron chi connectivity index (χ1n) is 11.2. The quantitative estimate of drug-likeness (QED) is 0.289. The zero-order valence-corrected chi connectivity index (χ0v) is 19.3. The summed E-state index contributed by atoms with van der Waals surface area (Å²) in [5, 5.41) is 12.1. The molecule has 0 aliphatic carbocycles. The molecule has 166 valence electrons.